The summed E-state index contributed by atoms with van der Waals surface area (Å²) in [4.78, 5) is 22.0. The number of rotatable bonds is 7. The second kappa shape index (κ2) is 14.9. The number of amides is 1. The van der Waals surface area contributed by atoms with Crippen LogP contribution in [-0.4, -0.2) is 30.2 Å². The Morgan fingerprint density at radius 1 is 0.871 bits per heavy atom. The first kappa shape index (κ1) is 28.0. The Balaban J connectivity index is 0.000000510. The molecule has 2 aromatic carbocycles. The zero-order valence-corrected chi connectivity index (χ0v) is 19.6. The van der Waals surface area contributed by atoms with Crippen LogP contribution >= 0.6 is 0 Å². The molecule has 172 valence electrons. The molecule has 1 fully saturated rings. The van der Waals surface area contributed by atoms with E-state index in [-0.39, 0.29) is 0 Å². The lowest BCUT2D eigenvalue weighted by Crippen LogP contribution is -2.20. The molecule has 2 aromatic rings. The van der Waals surface area contributed by atoms with E-state index in [0.29, 0.717) is 43.1 Å². The van der Waals surface area contributed by atoms with E-state index in [1.165, 1.54) is 0 Å². The third kappa shape index (κ3) is 7.96. The number of carboxylic acids is 1. The molecule has 0 saturated heterocycles. The molecule has 0 spiro atoms. The van der Waals surface area contributed by atoms with Gasteiger partial charge in [0.25, 0.3) is 5.91 Å². The molecule has 1 saturated carbocycles. The third-order valence-electron chi connectivity index (χ3n) is 4.31. The van der Waals surface area contributed by atoms with E-state index in [1.807, 2.05) is 65.8 Å². The van der Waals surface area contributed by atoms with Crippen LogP contribution < -0.4 is 15.2 Å². The smallest absolute Gasteiger partial charge is 0.314 e. The van der Waals surface area contributed by atoms with Crippen molar-refractivity contribution in [1.82, 2.24) is 0 Å². The quantitative estimate of drug-likeness (QED) is 0.608. The van der Waals surface area contributed by atoms with Crippen molar-refractivity contribution in [3.8, 4) is 11.5 Å². The predicted molar refractivity (Wildman–Crippen MR) is 125 cm³/mol. The Bertz CT molecular complexity index is 800. The lowest BCUT2D eigenvalue weighted by atomic mass is 9.95. The van der Waals surface area contributed by atoms with Crippen LogP contribution in [-0.2, 0) is 10.2 Å². The minimum absolute atomic E-state index is 0.430. The van der Waals surface area contributed by atoms with Crippen molar-refractivity contribution in [1.29, 1.82) is 0 Å². The normalized spacial score (nSPS) is 12.3. The van der Waals surface area contributed by atoms with Crippen molar-refractivity contribution < 1.29 is 24.2 Å². The van der Waals surface area contributed by atoms with Crippen molar-refractivity contribution in [3.05, 3.63) is 59.7 Å². The van der Waals surface area contributed by atoms with Gasteiger partial charge in [0.1, 0.15) is 11.5 Å². The number of hydrogen-bond donors (Lipinski definition) is 2. The van der Waals surface area contributed by atoms with Crippen LogP contribution in [0.5, 0.6) is 11.5 Å². The zero-order valence-electron chi connectivity index (χ0n) is 19.6. The van der Waals surface area contributed by atoms with Crippen LogP contribution in [0.25, 0.3) is 0 Å². The summed E-state index contributed by atoms with van der Waals surface area (Å²) in [5.74, 6) is 0.0566. The molecular weight excluding hydrogens is 394 g/mol. The summed E-state index contributed by atoms with van der Waals surface area (Å²) in [5.41, 5.74) is 5.70. The first-order chi connectivity index (χ1) is 15.0. The van der Waals surface area contributed by atoms with Crippen LogP contribution in [0.2, 0.25) is 0 Å². The topological polar surface area (TPSA) is 98.9 Å². The molecular formula is C25H37NO5. The molecule has 0 unspecified atom stereocenters. The summed E-state index contributed by atoms with van der Waals surface area (Å²) < 4.78 is 10.6. The maximum absolute atomic E-state index is 11.2. The first-order valence-corrected chi connectivity index (χ1v) is 10.9. The number of nitrogens with two attached hydrogens (primary N) is 1. The van der Waals surface area contributed by atoms with E-state index in [1.54, 1.807) is 24.3 Å². The molecule has 3 N–H and O–H groups in total. The Morgan fingerprint density at radius 2 is 1.32 bits per heavy atom. The molecule has 1 aliphatic rings. The van der Waals surface area contributed by atoms with Gasteiger partial charge in [0.05, 0.1) is 24.2 Å². The Morgan fingerprint density at radius 3 is 1.77 bits per heavy atom. The summed E-state index contributed by atoms with van der Waals surface area (Å²) in [6, 6.07) is 14.3. The monoisotopic (exact) mass is 431 g/mol. The van der Waals surface area contributed by atoms with Crippen molar-refractivity contribution in [2.45, 2.75) is 59.8 Å². The molecule has 3 rings (SSSR count). The van der Waals surface area contributed by atoms with Gasteiger partial charge >= 0.3 is 5.97 Å². The average Bonchev–Trinajstić information content (AvgIpc) is 3.60. The second-order valence-electron chi connectivity index (χ2n) is 6.11. The van der Waals surface area contributed by atoms with Crippen LogP contribution in [0, 0.1) is 0 Å². The van der Waals surface area contributed by atoms with Gasteiger partial charge in [-0.3, -0.25) is 9.59 Å². The molecule has 0 radical (unpaired) electrons. The lowest BCUT2D eigenvalue weighted by molar-refractivity contribution is -0.140. The van der Waals surface area contributed by atoms with E-state index < -0.39 is 17.3 Å². The number of hydrogen-bond acceptors (Lipinski definition) is 4. The minimum atomic E-state index is -0.741. The van der Waals surface area contributed by atoms with Gasteiger partial charge in [0.15, 0.2) is 0 Å². The maximum atomic E-state index is 11.2. The highest BCUT2D eigenvalue weighted by molar-refractivity contribution is 5.95. The van der Waals surface area contributed by atoms with Crippen LogP contribution in [0.4, 0.5) is 0 Å². The highest BCUT2D eigenvalue weighted by Gasteiger charge is 2.53. The van der Waals surface area contributed by atoms with Crippen molar-refractivity contribution in [3.63, 3.8) is 0 Å². The van der Waals surface area contributed by atoms with Gasteiger partial charge in [-0.15, -0.1) is 0 Å². The molecule has 0 aliphatic heterocycles. The standard InChI is InChI=1S/C12H14O3.C9H11NO2.2C2H6/c1-2-15-10-6-4-3-5-9(10)12(7-8-12)11(13)14;1-2-12-8-6-4-3-5-7(8)9(10)11;2*1-2/h3-6H,2,7-8H2,1H3,(H,13,14);3-6H,2H2,1H3,(H2,10,11);2*1-2H3. The number of aliphatic carboxylic acids is 1. The summed E-state index contributed by atoms with van der Waals surface area (Å²) in [6.45, 7) is 12.9. The fraction of sp³-hybridized carbons (Fsp3) is 0.440. The molecule has 31 heavy (non-hydrogen) atoms. The van der Waals surface area contributed by atoms with E-state index in [4.69, 9.17) is 15.2 Å². The van der Waals surface area contributed by atoms with Gasteiger partial charge in [0, 0.05) is 5.56 Å². The third-order valence-corrected chi connectivity index (χ3v) is 4.31. The van der Waals surface area contributed by atoms with Crippen molar-refractivity contribution in [2.75, 3.05) is 13.2 Å². The summed E-state index contributed by atoms with van der Waals surface area (Å²) >= 11 is 0. The van der Waals surface area contributed by atoms with Gasteiger partial charge in [-0.05, 0) is 44.9 Å². The molecule has 0 bridgehead atoms. The lowest BCUT2D eigenvalue weighted by Gasteiger charge is -2.15. The number of benzene rings is 2. The predicted octanol–water partition coefficient (Wildman–Crippen LogP) is 5.44. The summed E-state index contributed by atoms with van der Waals surface area (Å²) in [5, 5.41) is 9.19. The first-order valence-electron chi connectivity index (χ1n) is 10.9. The van der Waals surface area contributed by atoms with Gasteiger partial charge in [-0.25, -0.2) is 0 Å². The number of ether oxygens (including phenoxy) is 2. The van der Waals surface area contributed by atoms with Gasteiger partial charge < -0.3 is 20.3 Å². The SMILES string of the molecule is CC.CC.CCOc1ccccc1C(N)=O.CCOc1ccccc1C1(C(=O)O)CC1. The molecule has 1 aliphatic carbocycles. The van der Waals surface area contributed by atoms with Gasteiger partial charge in [-0.2, -0.15) is 0 Å². The molecule has 0 aromatic heterocycles. The second-order valence-corrected chi connectivity index (χ2v) is 6.11. The molecule has 0 heterocycles. The van der Waals surface area contributed by atoms with E-state index >= 15 is 0 Å². The minimum Gasteiger partial charge on any atom is -0.494 e. The van der Waals surface area contributed by atoms with E-state index in [9.17, 15) is 14.7 Å². The highest BCUT2D eigenvalue weighted by Crippen LogP contribution is 2.51. The number of para-hydroxylation sites is 2. The largest absolute Gasteiger partial charge is 0.494 e. The Labute approximate surface area is 186 Å². The molecule has 6 nitrogen and oxygen atoms in total. The maximum Gasteiger partial charge on any atom is 0.314 e. The number of carboxylic acid groups (broad SMARTS) is 1. The number of carbonyl (C=O) groups is 2. The van der Waals surface area contributed by atoms with Crippen molar-refractivity contribution in [2.24, 2.45) is 5.73 Å². The van der Waals surface area contributed by atoms with Crippen LogP contribution in [0.3, 0.4) is 0 Å². The highest BCUT2D eigenvalue weighted by atomic mass is 16.5. The van der Waals surface area contributed by atoms with Crippen LogP contribution in [0.1, 0.15) is 70.3 Å². The average molecular weight is 432 g/mol. The van der Waals surface area contributed by atoms with Gasteiger partial charge in [-0.1, -0.05) is 58.0 Å². The Kier molecular flexibility index (Phi) is 13.4. The zero-order chi connectivity index (χ0) is 23.9. The van der Waals surface area contributed by atoms with Gasteiger partial charge in [0.2, 0.25) is 0 Å². The number of carbonyl (C=O) groups excluding carboxylic acids is 1. The Hall–Kier alpha value is -3.02. The van der Waals surface area contributed by atoms with E-state index in [0.717, 1.165) is 5.56 Å². The fourth-order valence-electron chi connectivity index (χ4n) is 2.82. The van der Waals surface area contributed by atoms with Crippen molar-refractivity contribution >= 4 is 11.9 Å². The van der Waals surface area contributed by atoms with E-state index in [2.05, 4.69) is 0 Å². The van der Waals surface area contributed by atoms with Crippen LogP contribution in [0.15, 0.2) is 48.5 Å². The summed E-state index contributed by atoms with van der Waals surface area (Å²) in [7, 11) is 0. The molecule has 1 amide bonds. The number of primary amides is 1. The molecule has 6 heteroatoms. The molecule has 0 atom stereocenters. The summed E-state index contributed by atoms with van der Waals surface area (Å²) in [6.07, 6.45) is 1.43. The fourth-order valence-corrected chi connectivity index (χ4v) is 2.82.